The van der Waals surface area contributed by atoms with E-state index in [-0.39, 0.29) is 5.91 Å². The number of hydrogen-bond acceptors (Lipinski definition) is 4. The number of amides is 1. The van der Waals surface area contributed by atoms with Gasteiger partial charge < -0.3 is 14.4 Å². The van der Waals surface area contributed by atoms with Gasteiger partial charge in [-0.05, 0) is 29.8 Å². The summed E-state index contributed by atoms with van der Waals surface area (Å²) in [6, 6.07) is 13.7. The highest BCUT2D eigenvalue weighted by Gasteiger charge is 2.26. The smallest absolute Gasteiger partial charge is 0.231 e. The number of methoxy groups -OCH3 is 2. The summed E-state index contributed by atoms with van der Waals surface area (Å²) in [5.74, 6) is 1.41. The van der Waals surface area contributed by atoms with Crippen molar-refractivity contribution >= 4 is 23.4 Å². The predicted octanol–water partition coefficient (Wildman–Crippen LogP) is 3.77. The number of ether oxygens (including phenoxy) is 2. The maximum absolute atomic E-state index is 12.9. The Hall–Kier alpha value is -2.14. The predicted molar refractivity (Wildman–Crippen MR) is 97.4 cm³/mol. The molecule has 1 aliphatic heterocycles. The first kappa shape index (κ1) is 16.7. The van der Waals surface area contributed by atoms with E-state index in [0.717, 1.165) is 22.7 Å². The second-order valence-corrected chi connectivity index (χ2v) is 7.25. The number of anilines is 1. The Bertz CT molecular complexity index is 747. The third-order valence-electron chi connectivity index (χ3n) is 4.03. The summed E-state index contributed by atoms with van der Waals surface area (Å²) in [4.78, 5) is 15.9. The lowest BCUT2D eigenvalue weighted by atomic mass is 10.1. The van der Waals surface area contributed by atoms with E-state index in [0.29, 0.717) is 23.2 Å². The van der Waals surface area contributed by atoms with Gasteiger partial charge in [-0.1, -0.05) is 25.1 Å². The molecule has 0 N–H and O–H groups in total. The van der Waals surface area contributed by atoms with E-state index in [1.807, 2.05) is 53.1 Å². The van der Waals surface area contributed by atoms with Crippen molar-refractivity contribution in [2.75, 3.05) is 25.7 Å². The highest BCUT2D eigenvalue weighted by molar-refractivity contribution is 8.00. The van der Waals surface area contributed by atoms with Crippen molar-refractivity contribution in [2.24, 2.45) is 0 Å². The molecular weight excluding hydrogens is 322 g/mol. The number of thioether (sulfide) groups is 1. The average molecular weight is 343 g/mol. The molecule has 3 rings (SSSR count). The van der Waals surface area contributed by atoms with Crippen molar-refractivity contribution in [3.8, 4) is 11.5 Å². The number of para-hydroxylation sites is 1. The minimum Gasteiger partial charge on any atom is -0.493 e. The molecule has 1 aliphatic rings. The molecule has 0 radical (unpaired) electrons. The van der Waals surface area contributed by atoms with Crippen LogP contribution in [0.4, 0.5) is 5.69 Å². The van der Waals surface area contributed by atoms with Gasteiger partial charge in [0.25, 0.3) is 0 Å². The molecule has 0 aromatic heterocycles. The van der Waals surface area contributed by atoms with Crippen LogP contribution in [0.2, 0.25) is 0 Å². The summed E-state index contributed by atoms with van der Waals surface area (Å²) >= 11 is 1.82. The van der Waals surface area contributed by atoms with Gasteiger partial charge in [0.1, 0.15) is 0 Å². The van der Waals surface area contributed by atoms with Crippen LogP contribution in [0.1, 0.15) is 12.5 Å². The van der Waals surface area contributed by atoms with E-state index in [1.54, 1.807) is 14.2 Å². The molecule has 24 heavy (non-hydrogen) atoms. The van der Waals surface area contributed by atoms with Crippen LogP contribution >= 0.6 is 11.8 Å². The second kappa shape index (κ2) is 7.18. The molecule has 0 saturated carbocycles. The fraction of sp³-hybridized carbons (Fsp3) is 0.316. The molecule has 5 heteroatoms. The number of carbonyl (C=O) groups is 1. The first-order valence-corrected chi connectivity index (χ1v) is 8.77. The standard InChI is InChI=1S/C19H21NO3S/c1-13-12-20(15-6-4-5-7-18(15)24-13)19(21)11-14-8-9-16(22-2)17(10-14)23-3/h4-10,13H,11-12H2,1-3H3. The number of benzene rings is 2. The van der Waals surface area contributed by atoms with Crippen LogP contribution < -0.4 is 14.4 Å². The zero-order valence-corrected chi connectivity index (χ0v) is 14.9. The van der Waals surface area contributed by atoms with Crippen LogP contribution in [0, 0.1) is 0 Å². The van der Waals surface area contributed by atoms with Crippen molar-refractivity contribution in [3.63, 3.8) is 0 Å². The van der Waals surface area contributed by atoms with E-state index in [9.17, 15) is 4.79 Å². The Morgan fingerprint density at radius 1 is 1.17 bits per heavy atom. The van der Waals surface area contributed by atoms with Crippen molar-refractivity contribution in [3.05, 3.63) is 48.0 Å². The first-order chi connectivity index (χ1) is 11.6. The van der Waals surface area contributed by atoms with E-state index < -0.39 is 0 Å². The Kier molecular flexibility index (Phi) is 5.00. The van der Waals surface area contributed by atoms with Gasteiger partial charge in [0.05, 0.1) is 26.3 Å². The molecule has 0 spiro atoms. The molecule has 2 aromatic carbocycles. The molecule has 1 atom stereocenters. The third-order valence-corrected chi connectivity index (χ3v) is 5.18. The van der Waals surface area contributed by atoms with Gasteiger partial charge in [0.2, 0.25) is 5.91 Å². The van der Waals surface area contributed by atoms with E-state index >= 15 is 0 Å². The lowest BCUT2D eigenvalue weighted by molar-refractivity contribution is -0.118. The number of fused-ring (bicyclic) bond motifs is 1. The largest absolute Gasteiger partial charge is 0.493 e. The van der Waals surface area contributed by atoms with Gasteiger partial charge >= 0.3 is 0 Å². The fourth-order valence-corrected chi connectivity index (χ4v) is 4.00. The molecular formula is C19H21NO3S. The molecule has 0 saturated heterocycles. The molecule has 126 valence electrons. The van der Waals surface area contributed by atoms with E-state index in [1.165, 1.54) is 0 Å². The van der Waals surface area contributed by atoms with Gasteiger partial charge in [-0.15, -0.1) is 11.8 Å². The molecule has 0 bridgehead atoms. The highest BCUT2D eigenvalue weighted by Crippen LogP contribution is 2.38. The molecule has 4 nitrogen and oxygen atoms in total. The molecule has 1 unspecified atom stereocenters. The SMILES string of the molecule is COc1ccc(CC(=O)N2CC(C)Sc3ccccc32)cc1OC. The monoisotopic (exact) mass is 343 g/mol. The Morgan fingerprint density at radius 2 is 1.92 bits per heavy atom. The summed E-state index contributed by atoms with van der Waals surface area (Å²) in [7, 11) is 3.20. The number of nitrogens with zero attached hydrogens (tertiary/aromatic N) is 1. The average Bonchev–Trinajstić information content (AvgIpc) is 2.60. The number of carbonyl (C=O) groups excluding carboxylic acids is 1. The molecule has 0 aliphatic carbocycles. The van der Waals surface area contributed by atoms with Crippen molar-refractivity contribution < 1.29 is 14.3 Å². The van der Waals surface area contributed by atoms with Crippen LogP contribution in [-0.4, -0.2) is 31.9 Å². The summed E-state index contributed by atoms with van der Waals surface area (Å²) in [5, 5.41) is 0.384. The third kappa shape index (κ3) is 3.36. The van der Waals surface area contributed by atoms with Crippen molar-refractivity contribution in [2.45, 2.75) is 23.5 Å². The lowest BCUT2D eigenvalue weighted by Gasteiger charge is -2.32. The van der Waals surface area contributed by atoms with Gasteiger partial charge in [-0.25, -0.2) is 0 Å². The molecule has 1 heterocycles. The lowest BCUT2D eigenvalue weighted by Crippen LogP contribution is -2.39. The van der Waals surface area contributed by atoms with Crippen molar-refractivity contribution in [1.29, 1.82) is 0 Å². The fourth-order valence-electron chi connectivity index (χ4n) is 2.89. The van der Waals surface area contributed by atoms with Gasteiger partial charge in [0, 0.05) is 16.7 Å². The highest BCUT2D eigenvalue weighted by atomic mass is 32.2. The summed E-state index contributed by atoms with van der Waals surface area (Å²) in [5.41, 5.74) is 1.92. The molecule has 2 aromatic rings. The molecule has 0 fully saturated rings. The summed E-state index contributed by atoms with van der Waals surface area (Å²) in [6.07, 6.45) is 0.339. The van der Waals surface area contributed by atoms with Crippen molar-refractivity contribution in [1.82, 2.24) is 0 Å². The summed E-state index contributed by atoms with van der Waals surface area (Å²) < 4.78 is 10.6. The Morgan fingerprint density at radius 3 is 2.67 bits per heavy atom. The second-order valence-electron chi connectivity index (χ2n) is 5.77. The van der Waals surface area contributed by atoms with Crippen LogP contribution in [0.3, 0.4) is 0 Å². The quantitative estimate of drug-likeness (QED) is 0.847. The molecule has 1 amide bonds. The minimum absolute atomic E-state index is 0.0989. The topological polar surface area (TPSA) is 38.8 Å². The number of rotatable bonds is 4. The zero-order chi connectivity index (χ0) is 17.1. The number of hydrogen-bond donors (Lipinski definition) is 0. The van der Waals surface area contributed by atoms with Crippen LogP contribution in [0.5, 0.6) is 11.5 Å². The van der Waals surface area contributed by atoms with Gasteiger partial charge in [0.15, 0.2) is 11.5 Å². The van der Waals surface area contributed by atoms with E-state index in [2.05, 4.69) is 13.0 Å². The Labute approximate surface area is 146 Å². The van der Waals surface area contributed by atoms with Gasteiger partial charge in [-0.2, -0.15) is 0 Å². The van der Waals surface area contributed by atoms with Crippen LogP contribution in [0.15, 0.2) is 47.4 Å². The first-order valence-electron chi connectivity index (χ1n) is 7.89. The maximum atomic E-state index is 12.9. The maximum Gasteiger partial charge on any atom is 0.231 e. The zero-order valence-electron chi connectivity index (χ0n) is 14.1. The minimum atomic E-state index is 0.0989. The van der Waals surface area contributed by atoms with E-state index in [4.69, 9.17) is 9.47 Å². The summed E-state index contributed by atoms with van der Waals surface area (Å²) in [6.45, 7) is 2.88. The van der Waals surface area contributed by atoms with Gasteiger partial charge in [-0.3, -0.25) is 4.79 Å². The van der Waals surface area contributed by atoms with Crippen LogP contribution in [-0.2, 0) is 11.2 Å². The normalized spacial score (nSPS) is 16.5. The Balaban J connectivity index is 1.83. The van der Waals surface area contributed by atoms with Crippen LogP contribution in [0.25, 0.3) is 0 Å².